The van der Waals surface area contributed by atoms with Gasteiger partial charge in [0.1, 0.15) is 12.6 Å². The van der Waals surface area contributed by atoms with Crippen molar-refractivity contribution in [1.82, 2.24) is 10.2 Å². The topological polar surface area (TPSA) is 86.8 Å². The summed E-state index contributed by atoms with van der Waals surface area (Å²) in [6.07, 6.45) is 1.57. The molecule has 0 aromatic heterocycles. The number of nitrogens with one attached hydrogen (secondary N) is 1. The minimum atomic E-state index is -3.78. The lowest BCUT2D eigenvalue weighted by Crippen LogP contribution is -2.53. The van der Waals surface area contributed by atoms with E-state index in [0.29, 0.717) is 17.1 Å². The van der Waals surface area contributed by atoms with Crippen LogP contribution in [0.1, 0.15) is 31.9 Å². The zero-order valence-electron chi connectivity index (χ0n) is 19.7. The predicted octanol–water partition coefficient (Wildman–Crippen LogP) is 3.40. The van der Waals surface area contributed by atoms with Crippen LogP contribution < -0.4 is 9.62 Å². The molecule has 0 heterocycles. The molecule has 2 amide bonds. The Labute approximate surface area is 201 Å². The molecule has 0 aliphatic heterocycles. The van der Waals surface area contributed by atoms with Crippen molar-refractivity contribution >= 4 is 39.1 Å². The van der Waals surface area contributed by atoms with Gasteiger partial charge in [0.15, 0.2) is 0 Å². The van der Waals surface area contributed by atoms with Gasteiger partial charge in [-0.3, -0.25) is 13.9 Å². The predicted molar refractivity (Wildman–Crippen MR) is 133 cm³/mol. The summed E-state index contributed by atoms with van der Waals surface area (Å²) in [6, 6.07) is 13.6. The lowest BCUT2D eigenvalue weighted by Gasteiger charge is -2.32. The molecule has 0 aliphatic rings. The summed E-state index contributed by atoms with van der Waals surface area (Å²) in [5, 5.41) is 3.22. The Morgan fingerprint density at radius 2 is 1.70 bits per heavy atom. The Kier molecular flexibility index (Phi) is 9.31. The molecule has 1 N–H and O–H groups in total. The molecular formula is C24H32ClN3O4S. The molecule has 33 heavy (non-hydrogen) atoms. The standard InChI is InChI=1S/C24H32ClN3O4S/c1-17(2)26-24(30)19(4)27(14-13-20-9-7-6-8-10-20)23(29)16-28(33(5,31)32)21-12-11-18(3)22(25)15-21/h6-12,15,17,19H,13-14,16H2,1-5H3,(H,26,30)/t19-/m0/s1. The summed E-state index contributed by atoms with van der Waals surface area (Å²) in [7, 11) is -3.78. The fourth-order valence-electron chi connectivity index (χ4n) is 3.33. The normalized spacial score (nSPS) is 12.3. The maximum Gasteiger partial charge on any atom is 0.244 e. The lowest BCUT2D eigenvalue weighted by molar-refractivity contribution is -0.139. The Balaban J connectivity index is 2.33. The molecule has 0 radical (unpaired) electrons. The minimum Gasteiger partial charge on any atom is -0.352 e. The van der Waals surface area contributed by atoms with Crippen LogP contribution in [0.4, 0.5) is 5.69 Å². The van der Waals surface area contributed by atoms with Gasteiger partial charge in [-0.05, 0) is 57.4 Å². The molecule has 1 atom stereocenters. The van der Waals surface area contributed by atoms with E-state index in [1.807, 2.05) is 51.1 Å². The number of anilines is 1. The Hall–Kier alpha value is -2.58. The highest BCUT2D eigenvalue weighted by atomic mass is 35.5. The third-order valence-electron chi connectivity index (χ3n) is 5.21. The van der Waals surface area contributed by atoms with Crippen molar-refractivity contribution in [2.24, 2.45) is 0 Å². The van der Waals surface area contributed by atoms with Gasteiger partial charge in [-0.1, -0.05) is 48.0 Å². The van der Waals surface area contributed by atoms with Gasteiger partial charge in [0.2, 0.25) is 21.8 Å². The fourth-order valence-corrected chi connectivity index (χ4v) is 4.34. The van der Waals surface area contributed by atoms with E-state index < -0.39 is 28.5 Å². The van der Waals surface area contributed by atoms with Crippen LogP contribution in [0.3, 0.4) is 0 Å². The van der Waals surface area contributed by atoms with Gasteiger partial charge in [0.05, 0.1) is 11.9 Å². The lowest BCUT2D eigenvalue weighted by atomic mass is 10.1. The Morgan fingerprint density at radius 3 is 2.24 bits per heavy atom. The number of carbonyl (C=O) groups excluding carboxylic acids is 2. The van der Waals surface area contributed by atoms with Crippen LogP contribution in [0.2, 0.25) is 5.02 Å². The van der Waals surface area contributed by atoms with E-state index in [1.54, 1.807) is 19.1 Å². The number of halogens is 1. The number of amides is 2. The number of rotatable bonds is 10. The molecule has 0 bridgehead atoms. The van der Waals surface area contributed by atoms with E-state index in [-0.39, 0.29) is 18.5 Å². The molecule has 0 aliphatic carbocycles. The Morgan fingerprint density at radius 1 is 1.06 bits per heavy atom. The van der Waals surface area contributed by atoms with Gasteiger partial charge < -0.3 is 10.2 Å². The van der Waals surface area contributed by atoms with Crippen LogP contribution in [-0.4, -0.2) is 56.6 Å². The van der Waals surface area contributed by atoms with Gasteiger partial charge in [0, 0.05) is 17.6 Å². The molecule has 0 fully saturated rings. The first-order chi connectivity index (χ1) is 15.4. The zero-order chi connectivity index (χ0) is 24.8. The number of hydrogen-bond donors (Lipinski definition) is 1. The molecule has 0 saturated carbocycles. The van der Waals surface area contributed by atoms with Crippen LogP contribution in [0, 0.1) is 6.92 Å². The minimum absolute atomic E-state index is 0.0896. The van der Waals surface area contributed by atoms with E-state index in [9.17, 15) is 18.0 Å². The van der Waals surface area contributed by atoms with Gasteiger partial charge in [-0.25, -0.2) is 8.42 Å². The van der Waals surface area contributed by atoms with Crippen molar-refractivity contribution in [3.63, 3.8) is 0 Å². The van der Waals surface area contributed by atoms with E-state index in [2.05, 4.69) is 5.32 Å². The number of benzene rings is 2. The van der Waals surface area contributed by atoms with Crippen molar-refractivity contribution in [3.8, 4) is 0 Å². The van der Waals surface area contributed by atoms with Crippen LogP contribution in [0.5, 0.6) is 0 Å². The van der Waals surface area contributed by atoms with Gasteiger partial charge in [0.25, 0.3) is 0 Å². The van der Waals surface area contributed by atoms with E-state index in [0.717, 1.165) is 21.7 Å². The van der Waals surface area contributed by atoms with Crippen molar-refractivity contribution in [2.45, 2.75) is 46.2 Å². The average Bonchev–Trinajstić information content (AvgIpc) is 2.73. The maximum atomic E-state index is 13.4. The number of aryl methyl sites for hydroxylation is 1. The molecule has 0 unspecified atom stereocenters. The maximum absolute atomic E-state index is 13.4. The number of hydrogen-bond acceptors (Lipinski definition) is 4. The third kappa shape index (κ3) is 7.75. The summed E-state index contributed by atoms with van der Waals surface area (Å²) < 4.78 is 26.1. The third-order valence-corrected chi connectivity index (χ3v) is 6.75. The van der Waals surface area contributed by atoms with E-state index in [4.69, 9.17) is 11.6 Å². The number of nitrogens with zero attached hydrogens (tertiary/aromatic N) is 2. The highest BCUT2D eigenvalue weighted by molar-refractivity contribution is 7.92. The van der Waals surface area contributed by atoms with Crippen molar-refractivity contribution < 1.29 is 18.0 Å². The number of carbonyl (C=O) groups is 2. The molecule has 2 rings (SSSR count). The molecular weight excluding hydrogens is 462 g/mol. The quantitative estimate of drug-likeness (QED) is 0.549. The van der Waals surface area contributed by atoms with Crippen LogP contribution >= 0.6 is 11.6 Å². The summed E-state index contributed by atoms with van der Waals surface area (Å²) in [6.45, 7) is 6.96. The molecule has 7 nitrogen and oxygen atoms in total. The SMILES string of the molecule is Cc1ccc(N(CC(=O)N(CCc2ccccc2)[C@@H](C)C(=O)NC(C)C)S(C)(=O)=O)cc1Cl. The van der Waals surface area contributed by atoms with Crippen molar-refractivity contribution in [2.75, 3.05) is 23.7 Å². The van der Waals surface area contributed by atoms with E-state index >= 15 is 0 Å². The van der Waals surface area contributed by atoms with Crippen LogP contribution in [0.15, 0.2) is 48.5 Å². The summed E-state index contributed by atoms with van der Waals surface area (Å²) in [5.74, 6) is -0.768. The molecule has 2 aromatic rings. The van der Waals surface area contributed by atoms with Gasteiger partial charge in [-0.15, -0.1) is 0 Å². The van der Waals surface area contributed by atoms with Gasteiger partial charge in [-0.2, -0.15) is 0 Å². The summed E-state index contributed by atoms with van der Waals surface area (Å²) >= 11 is 6.20. The van der Waals surface area contributed by atoms with E-state index in [1.165, 1.54) is 11.0 Å². The smallest absolute Gasteiger partial charge is 0.244 e. The average molecular weight is 494 g/mol. The summed E-state index contributed by atoms with van der Waals surface area (Å²) in [4.78, 5) is 27.5. The second kappa shape index (κ2) is 11.5. The first-order valence-corrected chi connectivity index (χ1v) is 13.0. The number of sulfonamides is 1. The first-order valence-electron chi connectivity index (χ1n) is 10.8. The molecule has 0 spiro atoms. The van der Waals surface area contributed by atoms with Crippen LogP contribution in [0.25, 0.3) is 0 Å². The molecule has 2 aromatic carbocycles. The fraction of sp³-hybridized carbons (Fsp3) is 0.417. The summed E-state index contributed by atoms with van der Waals surface area (Å²) in [5.41, 5.74) is 2.10. The molecule has 9 heteroatoms. The first kappa shape index (κ1) is 26.7. The zero-order valence-corrected chi connectivity index (χ0v) is 21.3. The molecule has 180 valence electrons. The van der Waals surface area contributed by atoms with Crippen molar-refractivity contribution in [1.29, 1.82) is 0 Å². The Bertz CT molecular complexity index is 1070. The second-order valence-electron chi connectivity index (χ2n) is 8.37. The largest absolute Gasteiger partial charge is 0.352 e. The van der Waals surface area contributed by atoms with Crippen molar-refractivity contribution in [3.05, 3.63) is 64.7 Å². The van der Waals surface area contributed by atoms with Gasteiger partial charge >= 0.3 is 0 Å². The second-order valence-corrected chi connectivity index (χ2v) is 10.7. The van der Waals surface area contributed by atoms with Crippen LogP contribution in [-0.2, 0) is 26.0 Å². The molecule has 0 saturated heterocycles. The monoisotopic (exact) mass is 493 g/mol. The highest BCUT2D eigenvalue weighted by Gasteiger charge is 2.30. The highest BCUT2D eigenvalue weighted by Crippen LogP contribution is 2.25.